The Kier molecular flexibility index (Phi) is 6.73. The van der Waals surface area contributed by atoms with Gasteiger partial charge in [-0.15, -0.1) is 0 Å². The molecule has 0 aliphatic carbocycles. The Morgan fingerprint density at radius 2 is 1.60 bits per heavy atom. The summed E-state index contributed by atoms with van der Waals surface area (Å²) in [5.41, 5.74) is 3.90. The molecule has 0 saturated carbocycles. The molecule has 0 fully saturated rings. The molecule has 0 radical (unpaired) electrons. The van der Waals surface area contributed by atoms with Crippen LogP contribution in [-0.4, -0.2) is 12.9 Å². The minimum atomic E-state index is -0.0296. The van der Waals surface area contributed by atoms with E-state index < -0.39 is 0 Å². The van der Waals surface area contributed by atoms with Crippen molar-refractivity contribution in [2.45, 2.75) is 32.8 Å². The number of benzene rings is 3. The lowest BCUT2D eigenvalue weighted by Gasteiger charge is -2.18. The van der Waals surface area contributed by atoms with Crippen molar-refractivity contribution in [2.24, 2.45) is 0 Å². The summed E-state index contributed by atoms with van der Waals surface area (Å²) in [7, 11) is 1.62. The zero-order valence-electron chi connectivity index (χ0n) is 18.0. The molecule has 30 heavy (non-hydrogen) atoms. The van der Waals surface area contributed by atoms with Crippen molar-refractivity contribution in [1.82, 2.24) is 0 Å². The fourth-order valence-corrected chi connectivity index (χ4v) is 3.05. The number of hydrogen-bond donors (Lipinski definition) is 0. The minimum Gasteiger partial charge on any atom is -0.493 e. The van der Waals surface area contributed by atoms with Gasteiger partial charge in [0.15, 0.2) is 17.3 Å². The average Bonchev–Trinajstić information content (AvgIpc) is 2.76. The van der Waals surface area contributed by atoms with Crippen molar-refractivity contribution in [3.8, 4) is 11.5 Å². The van der Waals surface area contributed by atoms with E-state index in [2.05, 4.69) is 20.8 Å². The molecular formula is C27H28O3. The Morgan fingerprint density at radius 1 is 0.900 bits per heavy atom. The van der Waals surface area contributed by atoms with Crippen molar-refractivity contribution in [1.29, 1.82) is 0 Å². The molecule has 0 N–H and O–H groups in total. The zero-order chi connectivity index (χ0) is 21.6. The van der Waals surface area contributed by atoms with Crippen LogP contribution in [0.2, 0.25) is 0 Å². The van der Waals surface area contributed by atoms with Crippen molar-refractivity contribution in [3.63, 3.8) is 0 Å². The van der Waals surface area contributed by atoms with Gasteiger partial charge in [-0.1, -0.05) is 87.5 Å². The molecule has 0 saturated heterocycles. The maximum absolute atomic E-state index is 12.6. The van der Waals surface area contributed by atoms with Crippen LogP contribution >= 0.6 is 0 Å². The molecule has 154 valence electrons. The quantitative estimate of drug-likeness (QED) is 0.337. The van der Waals surface area contributed by atoms with E-state index in [1.807, 2.05) is 72.8 Å². The summed E-state index contributed by atoms with van der Waals surface area (Å²) >= 11 is 0. The number of carbonyl (C=O) groups is 1. The second-order valence-corrected chi connectivity index (χ2v) is 8.21. The fraction of sp³-hybridized carbons (Fsp3) is 0.222. The first kappa shape index (κ1) is 21.4. The molecule has 0 aromatic heterocycles. The second-order valence-electron chi connectivity index (χ2n) is 8.21. The number of rotatable bonds is 7. The minimum absolute atomic E-state index is 0.0296. The highest BCUT2D eigenvalue weighted by atomic mass is 16.5. The Balaban J connectivity index is 1.72. The molecule has 3 heteroatoms. The lowest BCUT2D eigenvalue weighted by Crippen LogP contribution is -2.11. The van der Waals surface area contributed by atoms with E-state index in [9.17, 15) is 4.79 Å². The highest BCUT2D eigenvalue weighted by Crippen LogP contribution is 2.29. The predicted octanol–water partition coefficient (Wildman–Crippen LogP) is 6.47. The lowest BCUT2D eigenvalue weighted by molar-refractivity contribution is 0.104. The number of hydrogen-bond acceptors (Lipinski definition) is 3. The standard InChI is InChI=1S/C27H28O3/c1-27(2,3)23-14-12-22(13-15-23)24(28)16-10-20-11-17-25(29-4)26(18-20)30-19-21-8-6-5-7-9-21/h5-18H,19H2,1-4H3. The van der Waals surface area contributed by atoms with Crippen LogP contribution in [0.1, 0.15) is 47.8 Å². The van der Waals surface area contributed by atoms with Crippen LogP contribution in [0.4, 0.5) is 0 Å². The van der Waals surface area contributed by atoms with E-state index >= 15 is 0 Å². The van der Waals surface area contributed by atoms with Gasteiger partial charge in [-0.25, -0.2) is 0 Å². The van der Waals surface area contributed by atoms with Crippen molar-refractivity contribution in [2.75, 3.05) is 7.11 Å². The van der Waals surface area contributed by atoms with Crippen LogP contribution in [0.5, 0.6) is 11.5 Å². The molecule has 3 rings (SSSR count). The van der Waals surface area contributed by atoms with Gasteiger partial charge in [-0.3, -0.25) is 4.79 Å². The normalized spacial score (nSPS) is 11.5. The van der Waals surface area contributed by atoms with Gasteiger partial charge in [0.1, 0.15) is 6.61 Å². The van der Waals surface area contributed by atoms with Gasteiger partial charge in [0.25, 0.3) is 0 Å². The fourth-order valence-electron chi connectivity index (χ4n) is 3.05. The summed E-state index contributed by atoms with van der Waals surface area (Å²) < 4.78 is 11.4. The molecule has 3 nitrogen and oxygen atoms in total. The van der Waals surface area contributed by atoms with E-state index in [4.69, 9.17) is 9.47 Å². The molecule has 3 aromatic carbocycles. The van der Waals surface area contributed by atoms with Crippen LogP contribution in [0.25, 0.3) is 6.08 Å². The Labute approximate surface area is 179 Å². The van der Waals surface area contributed by atoms with Crippen LogP contribution in [-0.2, 0) is 12.0 Å². The maximum Gasteiger partial charge on any atom is 0.185 e. The van der Waals surface area contributed by atoms with Crippen LogP contribution < -0.4 is 9.47 Å². The van der Waals surface area contributed by atoms with Gasteiger partial charge in [-0.2, -0.15) is 0 Å². The number of ketones is 1. The highest BCUT2D eigenvalue weighted by Gasteiger charge is 2.13. The van der Waals surface area contributed by atoms with Gasteiger partial charge in [-0.05, 0) is 40.3 Å². The van der Waals surface area contributed by atoms with Gasteiger partial charge < -0.3 is 9.47 Å². The average molecular weight is 401 g/mol. The third kappa shape index (κ3) is 5.60. The van der Waals surface area contributed by atoms with E-state index in [0.29, 0.717) is 23.7 Å². The smallest absolute Gasteiger partial charge is 0.185 e. The second kappa shape index (κ2) is 9.45. The molecule has 0 aliphatic heterocycles. The van der Waals surface area contributed by atoms with E-state index in [1.165, 1.54) is 5.56 Å². The molecule has 0 bridgehead atoms. The molecule has 0 unspecified atom stereocenters. The number of allylic oxidation sites excluding steroid dienone is 1. The largest absolute Gasteiger partial charge is 0.493 e. The van der Waals surface area contributed by atoms with E-state index in [1.54, 1.807) is 19.3 Å². The van der Waals surface area contributed by atoms with E-state index in [-0.39, 0.29) is 11.2 Å². The zero-order valence-corrected chi connectivity index (χ0v) is 18.0. The first-order valence-corrected chi connectivity index (χ1v) is 10.0. The van der Waals surface area contributed by atoms with Crippen molar-refractivity contribution in [3.05, 3.63) is 101 Å². The Morgan fingerprint density at radius 3 is 2.23 bits per heavy atom. The predicted molar refractivity (Wildman–Crippen MR) is 122 cm³/mol. The van der Waals surface area contributed by atoms with Gasteiger partial charge in [0.2, 0.25) is 0 Å². The highest BCUT2D eigenvalue weighted by molar-refractivity contribution is 6.06. The molecule has 0 heterocycles. The topological polar surface area (TPSA) is 35.5 Å². The molecule has 0 amide bonds. The summed E-state index contributed by atoms with van der Waals surface area (Å²) in [6, 6.07) is 23.4. The van der Waals surface area contributed by atoms with Crippen molar-refractivity contribution < 1.29 is 14.3 Å². The molecule has 3 aromatic rings. The third-order valence-corrected chi connectivity index (χ3v) is 4.89. The van der Waals surface area contributed by atoms with Crippen molar-refractivity contribution >= 4 is 11.9 Å². The summed E-state index contributed by atoms with van der Waals surface area (Å²) in [5.74, 6) is 1.27. The van der Waals surface area contributed by atoms with Gasteiger partial charge in [0.05, 0.1) is 7.11 Å². The van der Waals surface area contributed by atoms with Gasteiger partial charge in [0, 0.05) is 5.56 Å². The monoisotopic (exact) mass is 400 g/mol. The molecular weight excluding hydrogens is 372 g/mol. The first-order valence-electron chi connectivity index (χ1n) is 10.0. The Bertz CT molecular complexity index is 1010. The van der Waals surface area contributed by atoms with E-state index in [0.717, 1.165) is 11.1 Å². The molecule has 0 aliphatic rings. The lowest BCUT2D eigenvalue weighted by atomic mass is 9.86. The Hall–Kier alpha value is -3.33. The summed E-state index contributed by atoms with van der Waals surface area (Å²) in [6.45, 7) is 6.92. The summed E-state index contributed by atoms with van der Waals surface area (Å²) in [4.78, 5) is 12.6. The van der Waals surface area contributed by atoms with Crippen LogP contribution in [0.15, 0.2) is 78.9 Å². The molecule has 0 spiro atoms. The summed E-state index contributed by atoms with van der Waals surface area (Å²) in [6.07, 6.45) is 3.39. The number of ether oxygens (including phenoxy) is 2. The number of methoxy groups -OCH3 is 1. The third-order valence-electron chi connectivity index (χ3n) is 4.89. The first-order chi connectivity index (χ1) is 14.4. The van der Waals surface area contributed by atoms with Crippen LogP contribution in [0, 0.1) is 0 Å². The maximum atomic E-state index is 12.6. The van der Waals surface area contributed by atoms with Crippen LogP contribution in [0.3, 0.4) is 0 Å². The molecule has 0 atom stereocenters. The summed E-state index contributed by atoms with van der Waals surface area (Å²) in [5, 5.41) is 0. The van der Waals surface area contributed by atoms with Gasteiger partial charge >= 0.3 is 0 Å². The SMILES string of the molecule is COc1ccc(C=CC(=O)c2ccc(C(C)(C)C)cc2)cc1OCc1ccccc1. The number of carbonyl (C=O) groups excluding carboxylic acids is 1.